The largest absolute Gasteiger partial charge is 0.444 e. The van der Waals surface area contributed by atoms with Crippen molar-refractivity contribution in [3.8, 4) is 0 Å². The number of hydrogen-bond acceptors (Lipinski definition) is 4. The van der Waals surface area contributed by atoms with Crippen LogP contribution in [0.15, 0.2) is 24.3 Å². The number of rotatable bonds is 3. The van der Waals surface area contributed by atoms with E-state index in [0.29, 0.717) is 18.5 Å². The SMILES string of the molecule is CC(C)(C)OC(=O)N1CCC(O)C(N)(CCc2cccc(C(F)(F)F)c2)C1. The minimum Gasteiger partial charge on any atom is -0.444 e. The standard InChI is InChI=1S/C19H27F3N2O3/c1-17(2,3)27-16(26)24-10-8-15(25)18(23,12-24)9-7-13-5-4-6-14(11-13)19(20,21)22/h4-6,11,15,25H,7-10,12,23H2,1-3H3. The van der Waals surface area contributed by atoms with Gasteiger partial charge in [-0.25, -0.2) is 4.79 Å². The lowest BCUT2D eigenvalue weighted by Crippen LogP contribution is -2.64. The summed E-state index contributed by atoms with van der Waals surface area (Å²) in [6, 6.07) is 5.05. The lowest BCUT2D eigenvalue weighted by molar-refractivity contribution is -0.137. The number of halogens is 3. The zero-order chi connectivity index (χ0) is 20.5. The van der Waals surface area contributed by atoms with Crippen LogP contribution >= 0.6 is 0 Å². The van der Waals surface area contributed by atoms with Gasteiger partial charge in [-0.2, -0.15) is 13.2 Å². The van der Waals surface area contributed by atoms with Crippen molar-refractivity contribution in [1.29, 1.82) is 0 Å². The Hall–Kier alpha value is -1.80. The van der Waals surface area contributed by atoms with E-state index in [1.807, 2.05) is 0 Å². The average molecular weight is 388 g/mol. The van der Waals surface area contributed by atoms with Gasteiger partial charge < -0.3 is 20.5 Å². The molecule has 2 atom stereocenters. The highest BCUT2D eigenvalue weighted by molar-refractivity contribution is 5.68. The van der Waals surface area contributed by atoms with E-state index in [9.17, 15) is 23.1 Å². The van der Waals surface area contributed by atoms with Crippen LogP contribution in [0.25, 0.3) is 0 Å². The van der Waals surface area contributed by atoms with E-state index in [1.165, 1.54) is 11.0 Å². The predicted molar refractivity (Wildman–Crippen MR) is 95.1 cm³/mol. The van der Waals surface area contributed by atoms with Crippen LogP contribution in [0, 0.1) is 0 Å². The molecule has 1 heterocycles. The first kappa shape index (κ1) is 21.5. The Balaban J connectivity index is 2.06. The summed E-state index contributed by atoms with van der Waals surface area (Å²) in [5, 5.41) is 10.3. The minimum atomic E-state index is -4.41. The number of amides is 1. The number of nitrogens with zero attached hydrogens (tertiary/aromatic N) is 1. The Bertz CT molecular complexity index is 673. The summed E-state index contributed by atoms with van der Waals surface area (Å²) < 4.78 is 43.9. The molecule has 1 aromatic carbocycles. The number of aryl methyl sites for hydroxylation is 1. The van der Waals surface area contributed by atoms with Crippen LogP contribution in [0.2, 0.25) is 0 Å². The van der Waals surface area contributed by atoms with E-state index >= 15 is 0 Å². The van der Waals surface area contributed by atoms with Crippen molar-refractivity contribution in [2.24, 2.45) is 5.73 Å². The van der Waals surface area contributed by atoms with Crippen molar-refractivity contribution < 1.29 is 27.8 Å². The summed E-state index contributed by atoms with van der Waals surface area (Å²) in [6.07, 6.45) is -4.97. The highest BCUT2D eigenvalue weighted by Gasteiger charge is 2.41. The molecule has 27 heavy (non-hydrogen) atoms. The number of piperidine rings is 1. The Kier molecular flexibility index (Phi) is 6.11. The maximum atomic E-state index is 12.9. The Morgan fingerprint density at radius 3 is 2.63 bits per heavy atom. The molecule has 2 unspecified atom stereocenters. The third-order valence-electron chi connectivity index (χ3n) is 4.61. The van der Waals surface area contributed by atoms with Crippen LogP contribution in [0.1, 0.15) is 44.7 Å². The Morgan fingerprint density at radius 1 is 1.37 bits per heavy atom. The minimum absolute atomic E-state index is 0.0854. The van der Waals surface area contributed by atoms with Crippen molar-refractivity contribution in [2.45, 2.75) is 63.5 Å². The number of carbonyl (C=O) groups is 1. The van der Waals surface area contributed by atoms with Gasteiger partial charge in [0.1, 0.15) is 5.60 Å². The molecule has 1 saturated heterocycles. The highest BCUT2D eigenvalue weighted by atomic mass is 19.4. The number of carbonyl (C=O) groups excluding carboxylic acids is 1. The number of aliphatic hydroxyl groups is 1. The molecule has 152 valence electrons. The number of likely N-dealkylation sites (tertiary alicyclic amines) is 1. The van der Waals surface area contributed by atoms with Gasteiger partial charge >= 0.3 is 12.3 Å². The van der Waals surface area contributed by atoms with Gasteiger partial charge in [0, 0.05) is 13.1 Å². The number of benzene rings is 1. The second-order valence-corrected chi connectivity index (χ2v) is 8.14. The van der Waals surface area contributed by atoms with Crippen LogP contribution in [0.5, 0.6) is 0 Å². The molecule has 1 amide bonds. The molecule has 1 fully saturated rings. The van der Waals surface area contributed by atoms with E-state index in [2.05, 4.69) is 0 Å². The Morgan fingerprint density at radius 2 is 2.04 bits per heavy atom. The molecule has 1 aromatic rings. The summed E-state index contributed by atoms with van der Waals surface area (Å²) in [5.41, 5.74) is 4.35. The normalized spacial score (nSPS) is 24.0. The molecule has 0 saturated carbocycles. The highest BCUT2D eigenvalue weighted by Crippen LogP contribution is 2.31. The molecule has 0 radical (unpaired) electrons. The molecule has 5 nitrogen and oxygen atoms in total. The van der Waals surface area contributed by atoms with Gasteiger partial charge in [-0.05, 0) is 51.7 Å². The Labute approximate surface area is 157 Å². The van der Waals surface area contributed by atoms with E-state index in [-0.39, 0.29) is 19.4 Å². The molecule has 0 bridgehead atoms. The summed E-state index contributed by atoms with van der Waals surface area (Å²) >= 11 is 0. The van der Waals surface area contributed by atoms with Gasteiger partial charge in [0.25, 0.3) is 0 Å². The second kappa shape index (κ2) is 7.67. The first-order chi connectivity index (χ1) is 12.3. The zero-order valence-electron chi connectivity index (χ0n) is 15.8. The fourth-order valence-electron chi connectivity index (χ4n) is 3.11. The van der Waals surface area contributed by atoms with Crippen LogP contribution < -0.4 is 5.73 Å². The summed E-state index contributed by atoms with van der Waals surface area (Å²) in [4.78, 5) is 13.7. The fraction of sp³-hybridized carbons (Fsp3) is 0.632. The molecule has 3 N–H and O–H groups in total. The summed E-state index contributed by atoms with van der Waals surface area (Å²) in [5.74, 6) is 0. The number of nitrogens with two attached hydrogens (primary N) is 1. The van der Waals surface area contributed by atoms with Gasteiger partial charge in [0.15, 0.2) is 0 Å². The van der Waals surface area contributed by atoms with E-state index in [4.69, 9.17) is 10.5 Å². The third kappa shape index (κ3) is 5.84. The maximum absolute atomic E-state index is 12.9. The predicted octanol–water partition coefficient (Wildman–Crippen LogP) is 3.34. The summed E-state index contributed by atoms with van der Waals surface area (Å²) in [7, 11) is 0. The van der Waals surface area contributed by atoms with Crippen LogP contribution in [0.4, 0.5) is 18.0 Å². The third-order valence-corrected chi connectivity index (χ3v) is 4.61. The number of hydrogen-bond donors (Lipinski definition) is 2. The zero-order valence-corrected chi connectivity index (χ0v) is 15.8. The number of aliphatic hydroxyl groups excluding tert-OH is 1. The lowest BCUT2D eigenvalue weighted by Gasteiger charge is -2.44. The second-order valence-electron chi connectivity index (χ2n) is 8.14. The molecular formula is C19H27F3N2O3. The first-order valence-electron chi connectivity index (χ1n) is 8.91. The van der Waals surface area contributed by atoms with Gasteiger partial charge in [-0.3, -0.25) is 0 Å². The van der Waals surface area contributed by atoms with E-state index in [1.54, 1.807) is 26.8 Å². The van der Waals surface area contributed by atoms with Crippen molar-refractivity contribution in [3.05, 3.63) is 35.4 Å². The van der Waals surface area contributed by atoms with Gasteiger partial charge in [0.05, 0.1) is 17.2 Å². The molecule has 8 heteroatoms. The average Bonchev–Trinajstić information content (AvgIpc) is 2.54. The lowest BCUT2D eigenvalue weighted by atomic mass is 9.82. The fourth-order valence-corrected chi connectivity index (χ4v) is 3.11. The molecule has 1 aliphatic rings. The number of ether oxygens (including phenoxy) is 1. The smallest absolute Gasteiger partial charge is 0.416 e. The molecule has 0 spiro atoms. The van der Waals surface area contributed by atoms with Crippen LogP contribution in [0.3, 0.4) is 0 Å². The van der Waals surface area contributed by atoms with Crippen molar-refractivity contribution >= 4 is 6.09 Å². The van der Waals surface area contributed by atoms with Gasteiger partial charge in [0.2, 0.25) is 0 Å². The number of alkyl halides is 3. The quantitative estimate of drug-likeness (QED) is 0.833. The molecule has 0 aromatic heterocycles. The molecule has 2 rings (SSSR count). The van der Waals surface area contributed by atoms with Crippen LogP contribution in [-0.4, -0.2) is 46.4 Å². The van der Waals surface area contributed by atoms with E-state index in [0.717, 1.165) is 12.1 Å². The van der Waals surface area contributed by atoms with Crippen molar-refractivity contribution in [2.75, 3.05) is 13.1 Å². The summed E-state index contributed by atoms with van der Waals surface area (Å²) in [6.45, 7) is 5.67. The van der Waals surface area contributed by atoms with E-state index < -0.39 is 35.1 Å². The van der Waals surface area contributed by atoms with Gasteiger partial charge in [-0.15, -0.1) is 0 Å². The first-order valence-corrected chi connectivity index (χ1v) is 8.91. The van der Waals surface area contributed by atoms with Crippen LogP contribution in [-0.2, 0) is 17.3 Å². The van der Waals surface area contributed by atoms with Gasteiger partial charge in [-0.1, -0.05) is 18.2 Å². The molecule has 0 aliphatic carbocycles. The van der Waals surface area contributed by atoms with Crippen molar-refractivity contribution in [3.63, 3.8) is 0 Å². The maximum Gasteiger partial charge on any atom is 0.416 e. The monoisotopic (exact) mass is 388 g/mol. The molecular weight excluding hydrogens is 361 g/mol. The molecule has 1 aliphatic heterocycles. The topological polar surface area (TPSA) is 75.8 Å². The van der Waals surface area contributed by atoms with Crippen molar-refractivity contribution in [1.82, 2.24) is 4.90 Å².